The van der Waals surface area contributed by atoms with Crippen molar-refractivity contribution in [3.05, 3.63) is 89.5 Å². The van der Waals surface area contributed by atoms with Gasteiger partial charge < -0.3 is 23.7 Å². The highest BCUT2D eigenvalue weighted by molar-refractivity contribution is 5.87. The lowest BCUT2D eigenvalue weighted by atomic mass is 10.1. The molecule has 0 atom stereocenters. The smallest absolute Gasteiger partial charge is 0.330 e. The second kappa shape index (κ2) is 13.7. The molecule has 35 heavy (non-hydrogen) atoms. The molecule has 0 aliphatic heterocycles. The van der Waals surface area contributed by atoms with Crippen LogP contribution in [0.5, 0.6) is 23.0 Å². The van der Waals surface area contributed by atoms with E-state index >= 15 is 0 Å². The molecule has 0 saturated carbocycles. The number of benzene rings is 3. The van der Waals surface area contributed by atoms with Crippen molar-refractivity contribution in [1.82, 2.24) is 0 Å². The number of ether oxygens (including phenoxy) is 5. The number of carbonyl (C=O) groups excluding carboxylic acids is 1. The van der Waals surface area contributed by atoms with Crippen LogP contribution in [0.4, 0.5) is 0 Å². The molecule has 6 nitrogen and oxygen atoms in total. The normalized spacial score (nSPS) is 10.7. The molecule has 0 aliphatic carbocycles. The summed E-state index contributed by atoms with van der Waals surface area (Å²) in [6.07, 6.45) is 3.08. The lowest BCUT2D eigenvalue weighted by molar-refractivity contribution is -0.137. The summed E-state index contributed by atoms with van der Waals surface area (Å²) in [5, 5.41) is 0. The predicted octanol–water partition coefficient (Wildman–Crippen LogP) is 6.22. The number of hydrogen-bond donors (Lipinski definition) is 0. The molecule has 6 heteroatoms. The lowest BCUT2D eigenvalue weighted by Gasteiger charge is -2.12. The van der Waals surface area contributed by atoms with Gasteiger partial charge in [-0.25, -0.2) is 4.79 Å². The molecule has 0 spiro atoms. The fourth-order valence-corrected chi connectivity index (χ4v) is 3.24. The largest absolute Gasteiger partial charge is 0.494 e. The first kappa shape index (κ1) is 25.7. The zero-order valence-corrected chi connectivity index (χ0v) is 20.5. The molecule has 0 radical (unpaired) electrons. The fourth-order valence-electron chi connectivity index (χ4n) is 3.24. The molecule has 3 aromatic carbocycles. The highest BCUT2D eigenvalue weighted by atomic mass is 16.5. The molecule has 0 N–H and O–H groups in total. The zero-order valence-electron chi connectivity index (χ0n) is 20.5. The third-order valence-corrected chi connectivity index (χ3v) is 4.88. The molecule has 0 unspecified atom stereocenters. The Kier molecular flexibility index (Phi) is 10.1. The summed E-state index contributed by atoms with van der Waals surface area (Å²) >= 11 is 0. The van der Waals surface area contributed by atoms with Gasteiger partial charge in [0.2, 0.25) is 0 Å². The summed E-state index contributed by atoms with van der Waals surface area (Å²) in [5.74, 6) is 2.52. The maximum absolute atomic E-state index is 11.8. The molecule has 0 heterocycles. The van der Waals surface area contributed by atoms with Gasteiger partial charge >= 0.3 is 5.97 Å². The minimum Gasteiger partial charge on any atom is -0.494 e. The van der Waals surface area contributed by atoms with Gasteiger partial charge in [0.05, 0.1) is 19.8 Å². The molecule has 0 fully saturated rings. The third kappa shape index (κ3) is 8.74. The van der Waals surface area contributed by atoms with Crippen LogP contribution in [0.3, 0.4) is 0 Å². The van der Waals surface area contributed by atoms with Crippen LogP contribution >= 0.6 is 0 Å². The van der Waals surface area contributed by atoms with Crippen LogP contribution in [0, 0.1) is 0 Å². The number of esters is 1. The number of rotatable bonds is 13. The molecule has 0 aliphatic rings. The third-order valence-electron chi connectivity index (χ3n) is 4.88. The van der Waals surface area contributed by atoms with Gasteiger partial charge in [0.1, 0.15) is 36.2 Å². The Hall–Kier alpha value is -3.93. The molecular formula is C29H32O6. The molecule has 184 valence electrons. The Bertz CT molecular complexity index is 1020. The summed E-state index contributed by atoms with van der Waals surface area (Å²) in [5.41, 5.74) is 2.79. The maximum atomic E-state index is 11.8. The van der Waals surface area contributed by atoms with Gasteiger partial charge in [0, 0.05) is 12.1 Å². The standard InChI is InChI=1S/C29H32O6/c1-4-31-25-12-7-22(8-13-25)20-34-27-17-24(11-16-29(30)33-6-3)18-28(19-27)35-21-23-9-14-26(15-10-23)32-5-2/h7-19H,4-6,20-21H2,1-3H3. The molecule has 3 aromatic rings. The monoisotopic (exact) mass is 476 g/mol. The van der Waals surface area contributed by atoms with E-state index < -0.39 is 5.97 Å². The first-order valence-electron chi connectivity index (χ1n) is 11.8. The van der Waals surface area contributed by atoms with Crippen molar-refractivity contribution in [2.45, 2.75) is 34.0 Å². The van der Waals surface area contributed by atoms with Crippen LogP contribution < -0.4 is 18.9 Å². The van der Waals surface area contributed by atoms with Gasteiger partial charge in [-0.3, -0.25) is 0 Å². The maximum Gasteiger partial charge on any atom is 0.330 e. The van der Waals surface area contributed by atoms with E-state index in [1.165, 1.54) is 6.08 Å². The quantitative estimate of drug-likeness (QED) is 0.216. The number of carbonyl (C=O) groups is 1. The lowest BCUT2D eigenvalue weighted by Crippen LogP contribution is -2.00. The highest BCUT2D eigenvalue weighted by Crippen LogP contribution is 2.26. The van der Waals surface area contributed by atoms with E-state index in [2.05, 4.69) is 0 Å². The minimum absolute atomic E-state index is 0.324. The van der Waals surface area contributed by atoms with Crippen molar-refractivity contribution in [2.24, 2.45) is 0 Å². The average molecular weight is 477 g/mol. The summed E-state index contributed by atoms with van der Waals surface area (Å²) in [6.45, 7) is 8.03. The SMILES string of the molecule is CCOC(=O)C=Cc1cc(OCc2ccc(OCC)cc2)cc(OCc2ccc(OCC)cc2)c1. The predicted molar refractivity (Wildman–Crippen MR) is 136 cm³/mol. The van der Waals surface area contributed by atoms with E-state index in [0.717, 1.165) is 28.2 Å². The Morgan fingerprint density at radius 1 is 0.629 bits per heavy atom. The summed E-state index contributed by atoms with van der Waals surface area (Å²) < 4.78 is 28.0. The Morgan fingerprint density at radius 2 is 1.11 bits per heavy atom. The summed E-state index contributed by atoms with van der Waals surface area (Å²) in [4.78, 5) is 11.8. The average Bonchev–Trinajstić information content (AvgIpc) is 2.87. The van der Waals surface area contributed by atoms with E-state index in [0.29, 0.717) is 44.5 Å². The molecule has 0 saturated heterocycles. The van der Waals surface area contributed by atoms with Crippen LogP contribution in [-0.4, -0.2) is 25.8 Å². The molecule has 3 rings (SSSR count). The Labute approximate surface area is 207 Å². The van der Waals surface area contributed by atoms with Crippen LogP contribution in [0.2, 0.25) is 0 Å². The highest BCUT2D eigenvalue weighted by Gasteiger charge is 2.06. The minimum atomic E-state index is -0.398. The zero-order chi connectivity index (χ0) is 24.9. The van der Waals surface area contributed by atoms with E-state index in [9.17, 15) is 4.79 Å². The molecule has 0 bridgehead atoms. The first-order chi connectivity index (χ1) is 17.1. The van der Waals surface area contributed by atoms with Gasteiger partial charge in [-0.05, 0) is 79.9 Å². The Balaban J connectivity index is 1.72. The van der Waals surface area contributed by atoms with Crippen molar-refractivity contribution < 1.29 is 28.5 Å². The Morgan fingerprint density at radius 3 is 1.54 bits per heavy atom. The summed E-state index contributed by atoms with van der Waals surface area (Å²) in [6, 6.07) is 21.1. The van der Waals surface area contributed by atoms with Crippen LogP contribution in [0.15, 0.2) is 72.8 Å². The fraction of sp³-hybridized carbons (Fsp3) is 0.276. The van der Waals surface area contributed by atoms with Crippen molar-refractivity contribution >= 4 is 12.0 Å². The van der Waals surface area contributed by atoms with Gasteiger partial charge in [-0.15, -0.1) is 0 Å². The summed E-state index contributed by atoms with van der Waals surface area (Å²) in [7, 11) is 0. The van der Waals surface area contributed by atoms with Crippen molar-refractivity contribution in [3.63, 3.8) is 0 Å². The van der Waals surface area contributed by atoms with E-state index in [1.54, 1.807) is 13.0 Å². The van der Waals surface area contributed by atoms with Crippen molar-refractivity contribution in [3.8, 4) is 23.0 Å². The second-order valence-electron chi connectivity index (χ2n) is 7.55. The van der Waals surface area contributed by atoms with E-state index in [4.69, 9.17) is 23.7 Å². The topological polar surface area (TPSA) is 63.2 Å². The number of hydrogen-bond acceptors (Lipinski definition) is 6. The van der Waals surface area contributed by atoms with Gasteiger partial charge in [-0.1, -0.05) is 24.3 Å². The molecule has 0 aromatic heterocycles. The second-order valence-corrected chi connectivity index (χ2v) is 7.55. The van der Waals surface area contributed by atoms with Gasteiger partial charge in [-0.2, -0.15) is 0 Å². The van der Waals surface area contributed by atoms with Crippen LogP contribution in [0.1, 0.15) is 37.5 Å². The van der Waals surface area contributed by atoms with Crippen molar-refractivity contribution in [2.75, 3.05) is 19.8 Å². The van der Waals surface area contributed by atoms with Crippen molar-refractivity contribution in [1.29, 1.82) is 0 Å². The first-order valence-corrected chi connectivity index (χ1v) is 11.8. The van der Waals surface area contributed by atoms with E-state index in [1.807, 2.05) is 80.6 Å². The molecular weight excluding hydrogens is 444 g/mol. The van der Waals surface area contributed by atoms with Crippen LogP contribution in [-0.2, 0) is 22.7 Å². The van der Waals surface area contributed by atoms with Gasteiger partial charge in [0.25, 0.3) is 0 Å². The van der Waals surface area contributed by atoms with E-state index in [-0.39, 0.29) is 0 Å². The van der Waals surface area contributed by atoms with Gasteiger partial charge in [0.15, 0.2) is 0 Å². The van der Waals surface area contributed by atoms with Crippen LogP contribution in [0.25, 0.3) is 6.08 Å². The molecule has 0 amide bonds.